The number of rotatable bonds is 3. The van der Waals surface area contributed by atoms with Gasteiger partial charge in [0.1, 0.15) is 6.10 Å². The van der Waals surface area contributed by atoms with Crippen molar-refractivity contribution in [2.45, 2.75) is 6.10 Å². The fourth-order valence-electron chi connectivity index (χ4n) is 3.19. The van der Waals surface area contributed by atoms with Crippen LogP contribution in [0.1, 0.15) is 20.7 Å². The van der Waals surface area contributed by atoms with Crippen LogP contribution in [0, 0.1) is 6.57 Å². The van der Waals surface area contributed by atoms with Gasteiger partial charge in [0.15, 0.2) is 0 Å². The summed E-state index contributed by atoms with van der Waals surface area (Å²) in [6, 6.07) is 11.2. The van der Waals surface area contributed by atoms with Gasteiger partial charge < -0.3 is 4.74 Å². The van der Waals surface area contributed by atoms with Crippen molar-refractivity contribution in [3.8, 4) is 0 Å². The average molecular weight is 382 g/mol. The number of hydrogen-bond donors (Lipinski definition) is 0. The highest BCUT2D eigenvalue weighted by atomic mass is 35.5. The number of hydrogen-bond acceptors (Lipinski definition) is 4. The van der Waals surface area contributed by atoms with Gasteiger partial charge in [-0.15, -0.1) is 0 Å². The molecule has 1 atom stereocenters. The second-order valence-electron chi connectivity index (χ2n) is 6.13. The van der Waals surface area contributed by atoms with Crippen LogP contribution in [-0.2, 0) is 4.74 Å². The average Bonchev–Trinajstić information content (AvgIpc) is 3.15. The molecule has 1 fully saturated rings. The fourth-order valence-corrected chi connectivity index (χ4v) is 3.41. The van der Waals surface area contributed by atoms with Gasteiger partial charge in [-0.05, 0) is 24.3 Å². The molecule has 3 amide bonds. The number of fused-ring (bicyclic) bond motifs is 1. The van der Waals surface area contributed by atoms with Crippen LogP contribution >= 0.6 is 11.6 Å². The zero-order valence-electron chi connectivity index (χ0n) is 13.9. The summed E-state index contributed by atoms with van der Waals surface area (Å²) in [7, 11) is 0. The first-order chi connectivity index (χ1) is 13.0. The molecule has 8 heteroatoms. The predicted octanol–water partition coefficient (Wildman–Crippen LogP) is 3.51. The molecule has 2 heterocycles. The van der Waals surface area contributed by atoms with Gasteiger partial charge in [-0.25, -0.2) is 9.64 Å². The third kappa shape index (κ3) is 2.80. The maximum absolute atomic E-state index is 12.4. The maximum Gasteiger partial charge on any atom is 0.414 e. The normalized spacial score (nSPS) is 18.5. The number of halogens is 1. The van der Waals surface area contributed by atoms with Crippen LogP contribution in [0.25, 0.3) is 4.85 Å². The van der Waals surface area contributed by atoms with Crippen LogP contribution in [0.3, 0.4) is 0 Å². The standard InChI is InChI=1S/C19H12ClN3O4/c1-21-16-7-6-11(8-15(16)20)22-9-12(27-19(22)26)10-23-17(24)13-4-2-3-5-14(13)18(23)25/h2-8,12H,9-10H2/t12-/m1/s1. The monoisotopic (exact) mass is 381 g/mol. The Morgan fingerprint density at radius 3 is 2.37 bits per heavy atom. The summed E-state index contributed by atoms with van der Waals surface area (Å²) < 4.78 is 5.32. The summed E-state index contributed by atoms with van der Waals surface area (Å²) in [5, 5.41) is 0.235. The van der Waals surface area contributed by atoms with E-state index in [1.165, 1.54) is 17.0 Å². The topological polar surface area (TPSA) is 71.3 Å². The molecular formula is C19H12ClN3O4. The summed E-state index contributed by atoms with van der Waals surface area (Å²) in [6.45, 7) is 7.16. The molecule has 27 heavy (non-hydrogen) atoms. The molecule has 0 aromatic heterocycles. The summed E-state index contributed by atoms with van der Waals surface area (Å²) in [5.74, 6) is -0.788. The lowest BCUT2D eigenvalue weighted by molar-refractivity contribution is 0.0558. The van der Waals surface area contributed by atoms with Crippen LogP contribution in [0.4, 0.5) is 16.2 Å². The highest BCUT2D eigenvalue weighted by molar-refractivity contribution is 6.33. The number of imide groups is 1. The number of ether oxygens (including phenoxy) is 1. The summed E-state index contributed by atoms with van der Waals surface area (Å²) >= 11 is 6.03. The summed E-state index contributed by atoms with van der Waals surface area (Å²) in [6.07, 6.45) is -1.25. The number of anilines is 1. The van der Waals surface area contributed by atoms with E-state index in [0.717, 1.165) is 4.90 Å². The lowest BCUT2D eigenvalue weighted by Gasteiger charge is -2.17. The molecule has 0 bridgehead atoms. The number of cyclic esters (lactones) is 1. The Bertz CT molecular complexity index is 995. The van der Waals surface area contributed by atoms with E-state index in [-0.39, 0.29) is 23.8 Å². The van der Waals surface area contributed by atoms with Crippen LogP contribution < -0.4 is 4.90 Å². The zero-order chi connectivity index (χ0) is 19.1. The molecule has 1 saturated heterocycles. The van der Waals surface area contributed by atoms with E-state index in [1.807, 2.05) is 0 Å². The molecule has 2 aliphatic heterocycles. The third-order valence-electron chi connectivity index (χ3n) is 4.50. The van der Waals surface area contributed by atoms with Gasteiger partial charge in [-0.1, -0.05) is 29.8 Å². The van der Waals surface area contributed by atoms with E-state index < -0.39 is 24.0 Å². The van der Waals surface area contributed by atoms with Gasteiger partial charge in [0, 0.05) is 10.7 Å². The Hall–Kier alpha value is -3.37. The molecule has 2 aromatic carbocycles. The van der Waals surface area contributed by atoms with Gasteiger partial charge in [-0.2, -0.15) is 0 Å². The van der Waals surface area contributed by atoms with Crippen molar-refractivity contribution < 1.29 is 19.1 Å². The molecule has 2 aromatic rings. The Morgan fingerprint density at radius 1 is 1.11 bits per heavy atom. The first-order valence-corrected chi connectivity index (χ1v) is 8.48. The summed E-state index contributed by atoms with van der Waals surface area (Å²) in [5.41, 5.74) is 1.48. The fraction of sp³-hybridized carbons (Fsp3) is 0.158. The number of carbonyl (C=O) groups is 3. The molecule has 0 N–H and O–H groups in total. The molecule has 2 aliphatic rings. The van der Waals surface area contributed by atoms with Crippen molar-refractivity contribution >= 4 is 40.9 Å². The summed E-state index contributed by atoms with van der Waals surface area (Å²) in [4.78, 5) is 42.9. The minimum absolute atomic E-state index is 0.0253. The zero-order valence-corrected chi connectivity index (χ0v) is 14.6. The smallest absolute Gasteiger partial charge is 0.414 e. The van der Waals surface area contributed by atoms with Gasteiger partial charge in [-0.3, -0.25) is 19.4 Å². The number of nitrogens with zero attached hydrogens (tertiary/aromatic N) is 3. The molecule has 4 rings (SSSR count). The molecule has 0 aliphatic carbocycles. The quantitative estimate of drug-likeness (QED) is 0.602. The SMILES string of the molecule is [C-]#[N+]c1ccc(N2C[C@H](CN3C(=O)c4ccccc4C3=O)OC2=O)cc1Cl. The van der Waals surface area contributed by atoms with Gasteiger partial charge in [0.25, 0.3) is 11.8 Å². The van der Waals surface area contributed by atoms with E-state index in [2.05, 4.69) is 4.85 Å². The van der Waals surface area contributed by atoms with Crippen molar-refractivity contribution in [1.82, 2.24) is 4.90 Å². The van der Waals surface area contributed by atoms with Gasteiger partial charge >= 0.3 is 6.09 Å². The Kier molecular flexibility index (Phi) is 4.05. The number of benzene rings is 2. The second-order valence-corrected chi connectivity index (χ2v) is 6.54. The van der Waals surface area contributed by atoms with Gasteiger partial charge in [0.05, 0.1) is 30.8 Å². The Morgan fingerprint density at radius 2 is 1.78 bits per heavy atom. The largest absolute Gasteiger partial charge is 0.442 e. The van der Waals surface area contributed by atoms with Crippen LogP contribution in [0.15, 0.2) is 42.5 Å². The minimum atomic E-state index is -0.654. The van der Waals surface area contributed by atoms with Crippen molar-refractivity contribution in [2.24, 2.45) is 0 Å². The molecular weight excluding hydrogens is 370 g/mol. The van der Waals surface area contributed by atoms with Crippen molar-refractivity contribution in [1.29, 1.82) is 0 Å². The highest BCUT2D eigenvalue weighted by Crippen LogP contribution is 2.32. The van der Waals surface area contributed by atoms with Crippen molar-refractivity contribution in [2.75, 3.05) is 18.0 Å². The van der Waals surface area contributed by atoms with Crippen LogP contribution in [0.2, 0.25) is 5.02 Å². The lowest BCUT2D eigenvalue weighted by Crippen LogP contribution is -2.38. The third-order valence-corrected chi connectivity index (χ3v) is 4.80. The first kappa shape index (κ1) is 17.1. The lowest BCUT2D eigenvalue weighted by atomic mass is 10.1. The first-order valence-electron chi connectivity index (χ1n) is 8.10. The molecule has 7 nitrogen and oxygen atoms in total. The van der Waals surface area contributed by atoms with Gasteiger partial charge in [0.2, 0.25) is 5.69 Å². The number of carbonyl (C=O) groups excluding carboxylic acids is 3. The van der Waals surface area contributed by atoms with E-state index in [4.69, 9.17) is 22.9 Å². The molecule has 0 unspecified atom stereocenters. The van der Waals surface area contributed by atoms with E-state index >= 15 is 0 Å². The molecule has 134 valence electrons. The predicted molar refractivity (Wildman–Crippen MR) is 97.1 cm³/mol. The second kappa shape index (κ2) is 6.41. The molecule has 0 saturated carbocycles. The Labute approximate surface area is 159 Å². The number of amides is 3. The van der Waals surface area contributed by atoms with Crippen molar-refractivity contribution in [3.05, 3.63) is 70.0 Å². The minimum Gasteiger partial charge on any atom is -0.442 e. The molecule has 0 spiro atoms. The maximum atomic E-state index is 12.4. The highest BCUT2D eigenvalue weighted by Gasteiger charge is 2.40. The molecule has 0 radical (unpaired) electrons. The van der Waals surface area contributed by atoms with Crippen molar-refractivity contribution in [3.63, 3.8) is 0 Å². The van der Waals surface area contributed by atoms with E-state index in [1.54, 1.807) is 30.3 Å². The van der Waals surface area contributed by atoms with Crippen LogP contribution in [-0.4, -0.2) is 42.0 Å². The van der Waals surface area contributed by atoms with E-state index in [0.29, 0.717) is 16.8 Å². The van der Waals surface area contributed by atoms with E-state index in [9.17, 15) is 14.4 Å². The van der Waals surface area contributed by atoms with Crippen LogP contribution in [0.5, 0.6) is 0 Å². The Balaban J connectivity index is 1.51.